The van der Waals surface area contributed by atoms with Crippen LogP contribution in [-0.2, 0) is 22.4 Å². The van der Waals surface area contributed by atoms with Crippen molar-refractivity contribution in [2.45, 2.75) is 24.9 Å². The molecule has 2 aromatic carbocycles. The second kappa shape index (κ2) is 7.17. The highest BCUT2D eigenvalue weighted by molar-refractivity contribution is 6.07. The molecule has 1 fully saturated rings. The number of carbonyl (C=O) groups excluding carboxylic acids is 2. The first-order valence-corrected chi connectivity index (χ1v) is 8.00. The molecule has 3 amide bonds. The summed E-state index contributed by atoms with van der Waals surface area (Å²) in [6.45, 7) is 0. The highest BCUT2D eigenvalue weighted by Gasteiger charge is 2.44. The first-order chi connectivity index (χ1) is 12.1. The Labute approximate surface area is 145 Å². The van der Waals surface area contributed by atoms with Crippen LogP contribution in [-0.4, -0.2) is 40.0 Å². The number of benzene rings is 2. The number of urea groups is 1. The zero-order valence-corrected chi connectivity index (χ0v) is 13.5. The summed E-state index contributed by atoms with van der Waals surface area (Å²) in [5.74, 6) is -1.70. The number of carbonyl (C=O) groups is 3. The summed E-state index contributed by atoms with van der Waals surface area (Å²) in [5.41, 5.74) is 1.65. The second-order valence-corrected chi connectivity index (χ2v) is 5.94. The maximum absolute atomic E-state index is 12.6. The molecule has 6 heteroatoms. The van der Waals surface area contributed by atoms with Crippen LogP contribution in [0.15, 0.2) is 60.7 Å². The molecule has 3 rings (SSSR count). The third-order valence-electron chi connectivity index (χ3n) is 4.20. The Morgan fingerprint density at radius 3 is 2.12 bits per heavy atom. The SMILES string of the molecule is O=C(O)[C@H](Cc1ccccc1)N1C(=O)N[C@@H](Cc2ccccc2)C1=O. The minimum Gasteiger partial charge on any atom is -0.480 e. The largest absolute Gasteiger partial charge is 0.480 e. The first kappa shape index (κ1) is 16.7. The molecule has 0 aliphatic carbocycles. The summed E-state index contributed by atoms with van der Waals surface area (Å²) in [7, 11) is 0. The van der Waals surface area contributed by atoms with E-state index < -0.39 is 30.0 Å². The number of hydrogen-bond donors (Lipinski definition) is 2. The fourth-order valence-corrected chi connectivity index (χ4v) is 2.96. The third-order valence-corrected chi connectivity index (χ3v) is 4.20. The zero-order chi connectivity index (χ0) is 17.8. The molecule has 2 aromatic rings. The molecule has 1 saturated heterocycles. The summed E-state index contributed by atoms with van der Waals surface area (Å²) in [4.78, 5) is 37.4. The molecule has 0 bridgehead atoms. The standard InChI is InChI=1S/C19H18N2O4/c22-17-15(11-13-7-3-1-4-8-13)20-19(25)21(17)16(18(23)24)12-14-9-5-2-6-10-14/h1-10,15-16H,11-12H2,(H,20,25)(H,23,24)/t15-,16-/m0/s1. The van der Waals surface area contributed by atoms with E-state index in [2.05, 4.69) is 5.32 Å². The average Bonchev–Trinajstić information content (AvgIpc) is 2.88. The summed E-state index contributed by atoms with van der Waals surface area (Å²) in [6.07, 6.45) is 0.410. The summed E-state index contributed by atoms with van der Waals surface area (Å²) < 4.78 is 0. The Bertz CT molecular complexity index is 777. The number of aliphatic carboxylic acids is 1. The van der Waals surface area contributed by atoms with Crippen molar-refractivity contribution < 1.29 is 19.5 Å². The lowest BCUT2D eigenvalue weighted by molar-refractivity contribution is -0.146. The van der Waals surface area contributed by atoms with E-state index in [0.29, 0.717) is 6.42 Å². The molecule has 0 spiro atoms. The van der Waals surface area contributed by atoms with Crippen LogP contribution in [0.5, 0.6) is 0 Å². The van der Waals surface area contributed by atoms with E-state index in [4.69, 9.17) is 0 Å². The second-order valence-electron chi connectivity index (χ2n) is 5.94. The number of nitrogens with one attached hydrogen (secondary N) is 1. The van der Waals surface area contributed by atoms with Crippen LogP contribution >= 0.6 is 0 Å². The molecular formula is C19H18N2O4. The van der Waals surface area contributed by atoms with Gasteiger partial charge in [-0.3, -0.25) is 4.79 Å². The van der Waals surface area contributed by atoms with Gasteiger partial charge in [-0.1, -0.05) is 60.7 Å². The lowest BCUT2D eigenvalue weighted by atomic mass is 10.0. The van der Waals surface area contributed by atoms with Crippen LogP contribution in [0.25, 0.3) is 0 Å². The summed E-state index contributed by atoms with van der Waals surface area (Å²) in [6, 6.07) is 15.6. The molecule has 2 N–H and O–H groups in total. The molecule has 6 nitrogen and oxygen atoms in total. The number of nitrogens with zero attached hydrogens (tertiary/aromatic N) is 1. The molecule has 0 aromatic heterocycles. The van der Waals surface area contributed by atoms with Crippen molar-refractivity contribution in [1.82, 2.24) is 10.2 Å². The topological polar surface area (TPSA) is 86.7 Å². The van der Waals surface area contributed by atoms with Crippen LogP contribution < -0.4 is 5.32 Å². The van der Waals surface area contributed by atoms with E-state index in [1.807, 2.05) is 36.4 Å². The van der Waals surface area contributed by atoms with Crippen molar-refractivity contribution in [1.29, 1.82) is 0 Å². The molecule has 25 heavy (non-hydrogen) atoms. The number of hydrogen-bond acceptors (Lipinski definition) is 3. The number of amides is 3. The van der Waals surface area contributed by atoms with Crippen LogP contribution in [0.2, 0.25) is 0 Å². The third kappa shape index (κ3) is 3.68. The van der Waals surface area contributed by atoms with Gasteiger partial charge in [-0.2, -0.15) is 0 Å². The Kier molecular flexibility index (Phi) is 4.79. The number of carboxylic acid groups (broad SMARTS) is 1. The van der Waals surface area contributed by atoms with Gasteiger partial charge in [-0.15, -0.1) is 0 Å². The Hall–Kier alpha value is -3.15. The van der Waals surface area contributed by atoms with Crippen molar-refractivity contribution in [2.24, 2.45) is 0 Å². The van der Waals surface area contributed by atoms with Gasteiger partial charge >= 0.3 is 12.0 Å². The normalized spacial score (nSPS) is 18.1. The lowest BCUT2D eigenvalue weighted by Gasteiger charge is -2.21. The van der Waals surface area contributed by atoms with Gasteiger partial charge in [-0.25, -0.2) is 14.5 Å². The average molecular weight is 338 g/mol. The molecule has 1 heterocycles. The van der Waals surface area contributed by atoms with E-state index >= 15 is 0 Å². The number of carboxylic acids is 1. The van der Waals surface area contributed by atoms with Gasteiger partial charge in [0.25, 0.3) is 5.91 Å². The molecule has 1 aliphatic heterocycles. The zero-order valence-electron chi connectivity index (χ0n) is 13.5. The fourth-order valence-electron chi connectivity index (χ4n) is 2.96. The van der Waals surface area contributed by atoms with Crippen molar-refractivity contribution in [3.05, 3.63) is 71.8 Å². The van der Waals surface area contributed by atoms with Gasteiger partial charge in [0.1, 0.15) is 12.1 Å². The predicted octanol–water partition coefficient (Wildman–Crippen LogP) is 1.85. The maximum Gasteiger partial charge on any atom is 0.327 e. The minimum atomic E-state index is -1.23. The van der Waals surface area contributed by atoms with Crippen molar-refractivity contribution in [2.75, 3.05) is 0 Å². The van der Waals surface area contributed by atoms with Gasteiger partial charge in [0.05, 0.1) is 0 Å². The minimum absolute atomic E-state index is 0.0768. The van der Waals surface area contributed by atoms with E-state index in [-0.39, 0.29) is 6.42 Å². The van der Waals surface area contributed by atoms with Crippen LogP contribution in [0.1, 0.15) is 11.1 Å². The molecule has 0 unspecified atom stereocenters. The lowest BCUT2D eigenvalue weighted by Crippen LogP contribution is -2.47. The molecule has 0 saturated carbocycles. The fraction of sp³-hybridized carbons (Fsp3) is 0.211. The van der Waals surface area contributed by atoms with Crippen molar-refractivity contribution >= 4 is 17.9 Å². The smallest absolute Gasteiger partial charge is 0.327 e. The number of rotatable bonds is 6. The summed E-state index contributed by atoms with van der Waals surface area (Å²) >= 11 is 0. The van der Waals surface area contributed by atoms with E-state index in [1.54, 1.807) is 24.3 Å². The van der Waals surface area contributed by atoms with Crippen molar-refractivity contribution in [3.63, 3.8) is 0 Å². The quantitative estimate of drug-likeness (QED) is 0.787. The van der Waals surface area contributed by atoms with Gasteiger partial charge in [0, 0.05) is 12.8 Å². The molecule has 2 atom stereocenters. The predicted molar refractivity (Wildman–Crippen MR) is 90.9 cm³/mol. The van der Waals surface area contributed by atoms with E-state index in [0.717, 1.165) is 16.0 Å². The molecule has 1 aliphatic rings. The number of imide groups is 1. The van der Waals surface area contributed by atoms with Gasteiger partial charge in [0.15, 0.2) is 0 Å². The monoisotopic (exact) mass is 338 g/mol. The van der Waals surface area contributed by atoms with Crippen LogP contribution in [0, 0.1) is 0 Å². The van der Waals surface area contributed by atoms with Crippen LogP contribution in [0.4, 0.5) is 4.79 Å². The Balaban J connectivity index is 1.78. The van der Waals surface area contributed by atoms with Crippen molar-refractivity contribution in [3.8, 4) is 0 Å². The molecular weight excluding hydrogens is 320 g/mol. The Morgan fingerprint density at radius 1 is 1.00 bits per heavy atom. The first-order valence-electron chi connectivity index (χ1n) is 8.00. The molecule has 128 valence electrons. The molecule has 0 radical (unpaired) electrons. The highest BCUT2D eigenvalue weighted by atomic mass is 16.4. The Morgan fingerprint density at radius 2 is 1.56 bits per heavy atom. The maximum atomic E-state index is 12.6. The van der Waals surface area contributed by atoms with Crippen LogP contribution in [0.3, 0.4) is 0 Å². The van der Waals surface area contributed by atoms with Gasteiger partial charge < -0.3 is 10.4 Å². The van der Waals surface area contributed by atoms with Gasteiger partial charge in [0.2, 0.25) is 0 Å². The summed E-state index contributed by atoms with van der Waals surface area (Å²) in [5, 5.41) is 12.1. The van der Waals surface area contributed by atoms with Gasteiger partial charge in [-0.05, 0) is 11.1 Å². The van der Waals surface area contributed by atoms with E-state index in [1.165, 1.54) is 0 Å². The van der Waals surface area contributed by atoms with E-state index in [9.17, 15) is 19.5 Å². The highest BCUT2D eigenvalue weighted by Crippen LogP contribution is 2.18.